The molecule has 1 aliphatic heterocycles. The molecular formula is C19H12ClNO4S. The van der Waals surface area contributed by atoms with Gasteiger partial charge in [-0.05, 0) is 29.1 Å². The van der Waals surface area contributed by atoms with Crippen LogP contribution >= 0.6 is 10.7 Å². The fraction of sp³-hybridized carbons (Fsp3) is 0.0526. The molecule has 3 aromatic carbocycles. The number of halogens is 1. The molecule has 3 aromatic rings. The average molecular weight is 386 g/mol. The molecule has 0 bridgehead atoms. The first-order chi connectivity index (χ1) is 12.4. The SMILES string of the molecule is O=C1c2ccccc2C(=O)N1Cc1cccc2c(S(=O)(=O)Cl)cccc12. The van der Waals surface area contributed by atoms with Crippen LogP contribution in [0.3, 0.4) is 0 Å². The van der Waals surface area contributed by atoms with Crippen LogP contribution < -0.4 is 0 Å². The Morgan fingerprint density at radius 3 is 1.96 bits per heavy atom. The molecule has 1 aliphatic rings. The number of benzene rings is 3. The second-order valence-corrected chi connectivity index (χ2v) is 8.48. The molecule has 0 radical (unpaired) electrons. The molecule has 0 unspecified atom stereocenters. The van der Waals surface area contributed by atoms with E-state index < -0.39 is 9.05 Å². The molecule has 0 saturated carbocycles. The van der Waals surface area contributed by atoms with Crippen LogP contribution in [0.4, 0.5) is 0 Å². The zero-order chi connectivity index (χ0) is 18.5. The number of rotatable bonds is 3. The second kappa shape index (κ2) is 5.93. The van der Waals surface area contributed by atoms with Crippen molar-refractivity contribution >= 4 is 42.3 Å². The standard InChI is InChI=1S/C19H12ClNO4S/c20-26(24,25)17-10-4-8-13-12(5-3-9-14(13)17)11-21-18(22)15-6-1-2-7-16(15)19(21)23/h1-10H,11H2. The quantitative estimate of drug-likeness (QED) is 0.510. The first-order valence-electron chi connectivity index (χ1n) is 7.78. The minimum Gasteiger partial charge on any atom is -0.270 e. The van der Waals surface area contributed by atoms with Gasteiger partial charge in [0.15, 0.2) is 0 Å². The van der Waals surface area contributed by atoms with Crippen molar-refractivity contribution in [2.45, 2.75) is 11.4 Å². The highest BCUT2D eigenvalue weighted by Gasteiger charge is 2.35. The highest BCUT2D eigenvalue weighted by atomic mass is 35.7. The van der Waals surface area contributed by atoms with Gasteiger partial charge in [0.05, 0.1) is 22.6 Å². The van der Waals surface area contributed by atoms with Gasteiger partial charge in [0.2, 0.25) is 0 Å². The van der Waals surface area contributed by atoms with Crippen LogP contribution in [0, 0.1) is 0 Å². The first kappa shape index (κ1) is 16.8. The van der Waals surface area contributed by atoms with Crippen LogP contribution in [0.2, 0.25) is 0 Å². The van der Waals surface area contributed by atoms with E-state index in [-0.39, 0.29) is 23.3 Å². The summed E-state index contributed by atoms with van der Waals surface area (Å²) in [4.78, 5) is 26.3. The Hall–Kier alpha value is -2.70. The maximum atomic E-state index is 12.6. The van der Waals surface area contributed by atoms with E-state index in [0.29, 0.717) is 27.5 Å². The summed E-state index contributed by atoms with van der Waals surface area (Å²) in [7, 11) is 1.61. The molecule has 0 spiro atoms. The van der Waals surface area contributed by atoms with E-state index in [1.807, 2.05) is 0 Å². The van der Waals surface area contributed by atoms with E-state index in [9.17, 15) is 18.0 Å². The smallest absolute Gasteiger partial charge is 0.261 e. The Kier molecular flexibility index (Phi) is 3.82. The van der Waals surface area contributed by atoms with Gasteiger partial charge in [-0.15, -0.1) is 0 Å². The third kappa shape index (κ3) is 2.58. The zero-order valence-electron chi connectivity index (χ0n) is 13.3. The largest absolute Gasteiger partial charge is 0.270 e. The van der Waals surface area contributed by atoms with Gasteiger partial charge in [0, 0.05) is 16.1 Å². The van der Waals surface area contributed by atoms with Crippen molar-refractivity contribution in [1.29, 1.82) is 0 Å². The number of nitrogens with zero attached hydrogens (tertiary/aromatic N) is 1. The number of fused-ring (bicyclic) bond motifs is 2. The first-order valence-corrected chi connectivity index (χ1v) is 10.1. The molecule has 1 heterocycles. The number of hydrogen-bond acceptors (Lipinski definition) is 4. The van der Waals surface area contributed by atoms with Crippen molar-refractivity contribution in [3.63, 3.8) is 0 Å². The van der Waals surface area contributed by atoms with Gasteiger partial charge in [-0.2, -0.15) is 0 Å². The van der Waals surface area contributed by atoms with E-state index in [1.165, 1.54) is 11.0 Å². The van der Waals surface area contributed by atoms with E-state index in [0.717, 1.165) is 0 Å². The van der Waals surface area contributed by atoms with Crippen molar-refractivity contribution in [2.24, 2.45) is 0 Å². The van der Waals surface area contributed by atoms with Crippen LogP contribution in [0.15, 0.2) is 65.6 Å². The molecule has 0 aliphatic carbocycles. The lowest BCUT2D eigenvalue weighted by molar-refractivity contribution is 0.0643. The van der Waals surface area contributed by atoms with Crippen LogP contribution in [-0.4, -0.2) is 25.1 Å². The molecule has 0 atom stereocenters. The van der Waals surface area contributed by atoms with Crippen LogP contribution in [0.25, 0.3) is 10.8 Å². The number of hydrogen-bond donors (Lipinski definition) is 0. The minimum absolute atomic E-state index is 0.000813. The summed E-state index contributed by atoms with van der Waals surface area (Å²) in [5.74, 6) is -0.715. The van der Waals surface area contributed by atoms with Gasteiger partial charge in [-0.1, -0.05) is 42.5 Å². The molecule has 0 N–H and O–H groups in total. The third-order valence-electron chi connectivity index (χ3n) is 4.44. The molecule has 7 heteroatoms. The van der Waals surface area contributed by atoms with Gasteiger partial charge in [0.1, 0.15) is 0 Å². The van der Waals surface area contributed by atoms with E-state index in [4.69, 9.17) is 10.7 Å². The van der Waals surface area contributed by atoms with Gasteiger partial charge < -0.3 is 0 Å². The maximum absolute atomic E-state index is 12.6. The van der Waals surface area contributed by atoms with Crippen LogP contribution in [-0.2, 0) is 15.6 Å². The van der Waals surface area contributed by atoms with Crippen LogP contribution in [0.1, 0.15) is 26.3 Å². The number of carbonyl (C=O) groups excluding carboxylic acids is 2. The molecule has 130 valence electrons. The molecule has 2 amide bonds. The normalized spacial score (nSPS) is 14.1. The van der Waals surface area contributed by atoms with Crippen LogP contribution in [0.5, 0.6) is 0 Å². The molecule has 0 fully saturated rings. The van der Waals surface area contributed by atoms with Gasteiger partial charge in [-0.25, -0.2) is 8.42 Å². The summed E-state index contributed by atoms with van der Waals surface area (Å²) in [6.07, 6.45) is 0. The second-order valence-electron chi connectivity index (χ2n) is 5.95. The Morgan fingerprint density at radius 2 is 1.35 bits per heavy atom. The lowest BCUT2D eigenvalue weighted by Crippen LogP contribution is -2.29. The van der Waals surface area contributed by atoms with Crippen molar-refractivity contribution in [1.82, 2.24) is 4.90 Å². The Balaban J connectivity index is 1.80. The van der Waals surface area contributed by atoms with E-state index >= 15 is 0 Å². The summed E-state index contributed by atoms with van der Waals surface area (Å²) in [5, 5.41) is 1.09. The summed E-state index contributed by atoms with van der Waals surface area (Å²) in [5.41, 5.74) is 1.42. The molecule has 0 aromatic heterocycles. The highest BCUT2D eigenvalue weighted by molar-refractivity contribution is 8.14. The lowest BCUT2D eigenvalue weighted by atomic mass is 10.0. The summed E-state index contributed by atoms with van der Waals surface area (Å²) < 4.78 is 23.6. The topological polar surface area (TPSA) is 71.5 Å². The lowest BCUT2D eigenvalue weighted by Gasteiger charge is -2.16. The predicted molar refractivity (Wildman–Crippen MR) is 97.6 cm³/mol. The Labute approximate surface area is 154 Å². The van der Waals surface area contributed by atoms with Crippen molar-refractivity contribution in [2.75, 3.05) is 0 Å². The third-order valence-corrected chi connectivity index (χ3v) is 5.82. The predicted octanol–water partition coefficient (Wildman–Crippen LogP) is 3.56. The monoisotopic (exact) mass is 385 g/mol. The molecule has 5 nitrogen and oxygen atoms in total. The molecule has 0 saturated heterocycles. The summed E-state index contributed by atoms with van der Waals surface area (Å²) in [6, 6.07) is 16.5. The average Bonchev–Trinajstić information content (AvgIpc) is 2.86. The highest BCUT2D eigenvalue weighted by Crippen LogP contribution is 2.30. The van der Waals surface area contributed by atoms with Crippen molar-refractivity contribution in [3.8, 4) is 0 Å². The van der Waals surface area contributed by atoms with Gasteiger partial charge in [0.25, 0.3) is 20.9 Å². The molecule has 26 heavy (non-hydrogen) atoms. The Morgan fingerprint density at radius 1 is 0.769 bits per heavy atom. The molecule has 4 rings (SSSR count). The van der Waals surface area contributed by atoms with Gasteiger partial charge >= 0.3 is 0 Å². The summed E-state index contributed by atoms with van der Waals surface area (Å²) >= 11 is 0. The van der Waals surface area contributed by atoms with Crippen molar-refractivity contribution < 1.29 is 18.0 Å². The number of amides is 2. The fourth-order valence-electron chi connectivity index (χ4n) is 3.25. The summed E-state index contributed by atoms with van der Waals surface area (Å²) in [6.45, 7) is 0.0511. The number of carbonyl (C=O) groups is 2. The van der Waals surface area contributed by atoms with Gasteiger partial charge in [-0.3, -0.25) is 14.5 Å². The minimum atomic E-state index is -3.91. The van der Waals surface area contributed by atoms with E-state index in [2.05, 4.69) is 0 Å². The zero-order valence-corrected chi connectivity index (χ0v) is 14.9. The fourth-order valence-corrected chi connectivity index (χ4v) is 4.34. The number of imide groups is 1. The van der Waals surface area contributed by atoms with E-state index in [1.54, 1.807) is 54.6 Å². The van der Waals surface area contributed by atoms with Crippen molar-refractivity contribution in [3.05, 3.63) is 77.4 Å². The molecular weight excluding hydrogens is 374 g/mol. The Bertz CT molecular complexity index is 1150. The maximum Gasteiger partial charge on any atom is 0.261 e.